The van der Waals surface area contributed by atoms with Crippen LogP contribution in [0.15, 0.2) is 33.9 Å². The SMILES string of the molecule is CC(C)C1(C(C)C)ON=C2[C@H]1CC[C@]21CCCc2c1noc2-c1ccccc1C(N)=O. The van der Waals surface area contributed by atoms with Crippen LogP contribution in [0.2, 0.25) is 0 Å². The fraction of sp³-hybridized carbons (Fsp3) is 0.560. The Morgan fingerprint density at radius 2 is 1.90 bits per heavy atom. The molecule has 2 aliphatic carbocycles. The number of nitrogens with two attached hydrogens (primary N) is 1. The second-order valence-corrected chi connectivity index (χ2v) is 10.0. The zero-order chi connectivity index (χ0) is 22.0. The molecule has 2 N–H and O–H groups in total. The Kier molecular flexibility index (Phi) is 4.54. The van der Waals surface area contributed by atoms with Crippen molar-refractivity contribution in [3.8, 4) is 11.3 Å². The van der Waals surface area contributed by atoms with Gasteiger partial charge in [0, 0.05) is 17.0 Å². The summed E-state index contributed by atoms with van der Waals surface area (Å²) in [5, 5.41) is 9.36. The highest BCUT2D eigenvalue weighted by atomic mass is 16.7. The van der Waals surface area contributed by atoms with Crippen LogP contribution in [0.25, 0.3) is 11.3 Å². The highest BCUT2D eigenvalue weighted by molar-refractivity contribution is 6.02. The van der Waals surface area contributed by atoms with Crippen molar-refractivity contribution in [2.45, 2.75) is 70.8 Å². The first-order chi connectivity index (χ1) is 14.8. The maximum Gasteiger partial charge on any atom is 0.249 e. The Labute approximate surface area is 183 Å². The van der Waals surface area contributed by atoms with Gasteiger partial charge in [0.1, 0.15) is 5.60 Å². The highest BCUT2D eigenvalue weighted by Gasteiger charge is 2.63. The number of nitrogens with zero attached hydrogens (tertiary/aromatic N) is 2. The fourth-order valence-electron chi connectivity index (χ4n) is 6.66. The van der Waals surface area contributed by atoms with Gasteiger partial charge in [-0.3, -0.25) is 4.79 Å². The van der Waals surface area contributed by atoms with Gasteiger partial charge in [-0.1, -0.05) is 56.2 Å². The fourth-order valence-corrected chi connectivity index (χ4v) is 6.66. The van der Waals surface area contributed by atoms with Crippen LogP contribution in [0, 0.1) is 17.8 Å². The maximum absolute atomic E-state index is 12.0. The number of amides is 1. The Balaban J connectivity index is 1.61. The van der Waals surface area contributed by atoms with Crippen LogP contribution in [0.3, 0.4) is 0 Å². The summed E-state index contributed by atoms with van der Waals surface area (Å²) in [5.41, 5.74) is 9.56. The van der Waals surface area contributed by atoms with E-state index in [9.17, 15) is 4.79 Å². The minimum Gasteiger partial charge on any atom is -0.388 e. The molecular weight excluding hydrogens is 390 g/mol. The largest absolute Gasteiger partial charge is 0.388 e. The van der Waals surface area contributed by atoms with Gasteiger partial charge in [0.2, 0.25) is 5.91 Å². The molecular formula is C25H31N3O3. The van der Waals surface area contributed by atoms with Gasteiger partial charge in [-0.2, -0.15) is 0 Å². The molecule has 6 heteroatoms. The Bertz CT molecular complexity index is 1060. The summed E-state index contributed by atoms with van der Waals surface area (Å²) >= 11 is 0. The van der Waals surface area contributed by atoms with Crippen molar-refractivity contribution < 1.29 is 14.2 Å². The van der Waals surface area contributed by atoms with Gasteiger partial charge in [-0.05, 0) is 50.0 Å². The van der Waals surface area contributed by atoms with Gasteiger partial charge in [0.15, 0.2) is 5.76 Å². The van der Waals surface area contributed by atoms with E-state index in [1.165, 1.54) is 0 Å². The molecule has 1 amide bonds. The quantitative estimate of drug-likeness (QED) is 0.763. The molecule has 6 nitrogen and oxygen atoms in total. The Hall–Kier alpha value is -2.63. The van der Waals surface area contributed by atoms with E-state index in [4.69, 9.17) is 20.3 Å². The van der Waals surface area contributed by atoms with Crippen LogP contribution in [-0.4, -0.2) is 22.4 Å². The van der Waals surface area contributed by atoms with Crippen LogP contribution in [0.4, 0.5) is 0 Å². The molecule has 1 fully saturated rings. The van der Waals surface area contributed by atoms with Gasteiger partial charge in [-0.25, -0.2) is 0 Å². The van der Waals surface area contributed by atoms with E-state index in [0.29, 0.717) is 29.1 Å². The average molecular weight is 422 g/mol. The number of fused-ring (bicyclic) bond motifs is 4. The van der Waals surface area contributed by atoms with E-state index >= 15 is 0 Å². The van der Waals surface area contributed by atoms with Gasteiger partial charge < -0.3 is 15.1 Å². The standard InChI is InChI=1S/C25H31N3O3/c1-14(2)25(15(3)4)19-11-13-24(22(19)28-31-25)12-7-10-18-20(30-27-21(18)24)16-8-5-6-9-17(16)23(26)29/h5-6,8-9,14-15,19H,7,10-13H2,1-4H3,(H2,26,29)/t19-,24+/m1/s1. The normalized spacial score (nSPS) is 26.1. The summed E-state index contributed by atoms with van der Waals surface area (Å²) in [6.07, 6.45) is 4.98. The van der Waals surface area contributed by atoms with Crippen LogP contribution in [0.5, 0.6) is 0 Å². The predicted octanol–water partition coefficient (Wildman–Crippen LogP) is 4.86. The average Bonchev–Trinajstić information content (AvgIpc) is 3.43. The van der Waals surface area contributed by atoms with Gasteiger partial charge in [0.25, 0.3) is 0 Å². The summed E-state index contributed by atoms with van der Waals surface area (Å²) < 4.78 is 5.92. The first kappa shape index (κ1) is 20.3. The summed E-state index contributed by atoms with van der Waals surface area (Å²) in [6, 6.07) is 7.34. The van der Waals surface area contributed by atoms with E-state index in [1.807, 2.05) is 18.2 Å². The van der Waals surface area contributed by atoms with Gasteiger partial charge >= 0.3 is 0 Å². The van der Waals surface area contributed by atoms with Gasteiger partial charge in [-0.15, -0.1) is 0 Å². The summed E-state index contributed by atoms with van der Waals surface area (Å²) in [7, 11) is 0. The predicted molar refractivity (Wildman–Crippen MR) is 119 cm³/mol. The maximum atomic E-state index is 12.0. The van der Waals surface area contributed by atoms with Crippen molar-refractivity contribution in [2.75, 3.05) is 0 Å². The first-order valence-electron chi connectivity index (χ1n) is 11.5. The molecule has 1 spiro atoms. The molecule has 3 aliphatic rings. The molecule has 0 saturated heterocycles. The third-order valence-corrected chi connectivity index (χ3v) is 8.04. The molecule has 1 aromatic carbocycles. The van der Waals surface area contributed by atoms with E-state index < -0.39 is 5.91 Å². The molecule has 1 aliphatic heterocycles. The number of rotatable bonds is 4. The Morgan fingerprint density at radius 1 is 1.16 bits per heavy atom. The zero-order valence-electron chi connectivity index (χ0n) is 18.8. The number of primary amides is 1. The summed E-state index contributed by atoms with van der Waals surface area (Å²) in [5.74, 6) is 1.25. The van der Waals surface area contributed by atoms with Crippen molar-refractivity contribution >= 4 is 11.6 Å². The molecule has 1 saturated carbocycles. The lowest BCUT2D eigenvalue weighted by Crippen LogP contribution is -2.48. The second kappa shape index (κ2) is 6.94. The number of hydrogen-bond acceptors (Lipinski definition) is 5. The first-order valence-corrected chi connectivity index (χ1v) is 11.5. The molecule has 2 atom stereocenters. The van der Waals surface area contributed by atoms with Crippen molar-refractivity contribution in [1.29, 1.82) is 0 Å². The van der Waals surface area contributed by atoms with E-state index in [1.54, 1.807) is 6.07 Å². The minimum atomic E-state index is -0.459. The van der Waals surface area contributed by atoms with Crippen LogP contribution < -0.4 is 5.73 Å². The van der Waals surface area contributed by atoms with Crippen LogP contribution in [-0.2, 0) is 16.7 Å². The minimum absolute atomic E-state index is 0.229. The van der Waals surface area contributed by atoms with Gasteiger partial charge in [0.05, 0.1) is 22.4 Å². The van der Waals surface area contributed by atoms with E-state index in [-0.39, 0.29) is 11.0 Å². The third-order valence-electron chi connectivity index (χ3n) is 8.04. The Morgan fingerprint density at radius 3 is 2.61 bits per heavy atom. The number of hydrogen-bond donors (Lipinski definition) is 1. The van der Waals surface area contributed by atoms with Crippen molar-refractivity contribution in [1.82, 2.24) is 5.16 Å². The smallest absolute Gasteiger partial charge is 0.249 e. The lowest BCUT2D eigenvalue weighted by atomic mass is 9.66. The van der Waals surface area contributed by atoms with Crippen LogP contribution in [0.1, 0.15) is 75.0 Å². The van der Waals surface area contributed by atoms with Crippen molar-refractivity contribution in [3.63, 3.8) is 0 Å². The molecule has 31 heavy (non-hydrogen) atoms. The molecule has 5 rings (SSSR count). The summed E-state index contributed by atoms with van der Waals surface area (Å²) in [6.45, 7) is 8.96. The zero-order valence-corrected chi connectivity index (χ0v) is 18.8. The molecule has 164 valence electrons. The van der Waals surface area contributed by atoms with Crippen LogP contribution >= 0.6 is 0 Å². The van der Waals surface area contributed by atoms with Crippen molar-refractivity contribution in [2.24, 2.45) is 28.6 Å². The third kappa shape index (κ3) is 2.60. The number of benzene rings is 1. The molecule has 0 radical (unpaired) electrons. The molecule has 0 unspecified atom stereocenters. The van der Waals surface area contributed by atoms with Crippen molar-refractivity contribution in [3.05, 3.63) is 41.1 Å². The second-order valence-electron chi connectivity index (χ2n) is 10.0. The molecule has 1 aromatic heterocycles. The molecule has 2 aromatic rings. The monoisotopic (exact) mass is 421 g/mol. The number of carbonyl (C=O) groups is 1. The van der Waals surface area contributed by atoms with E-state index in [2.05, 4.69) is 32.9 Å². The highest BCUT2D eigenvalue weighted by Crippen LogP contribution is 2.58. The number of aromatic nitrogens is 1. The topological polar surface area (TPSA) is 90.7 Å². The summed E-state index contributed by atoms with van der Waals surface area (Å²) in [4.78, 5) is 18.3. The van der Waals surface area contributed by atoms with E-state index in [0.717, 1.165) is 54.6 Å². The molecule has 2 heterocycles. The molecule has 0 bridgehead atoms. The lowest BCUT2D eigenvalue weighted by molar-refractivity contribution is -0.113. The number of carbonyl (C=O) groups excluding carboxylic acids is 1. The number of oxime groups is 1. The lowest BCUT2D eigenvalue weighted by Gasteiger charge is -2.39.